The summed E-state index contributed by atoms with van der Waals surface area (Å²) >= 11 is 0. The molecule has 14 heteroatoms. The van der Waals surface area contributed by atoms with Gasteiger partial charge in [0.25, 0.3) is 0 Å². The van der Waals surface area contributed by atoms with Gasteiger partial charge in [0.15, 0.2) is 0 Å². The molecule has 0 bridgehead atoms. The van der Waals surface area contributed by atoms with Crippen molar-refractivity contribution >= 4 is 47.2 Å². The van der Waals surface area contributed by atoms with Crippen LogP contribution in [0.2, 0.25) is 0 Å². The highest BCUT2D eigenvalue weighted by Gasteiger charge is 2.59. The van der Waals surface area contributed by atoms with Crippen LogP contribution in [-0.4, -0.2) is 57.3 Å². The van der Waals surface area contributed by atoms with E-state index >= 15 is 8.78 Å². The quantitative estimate of drug-likeness (QED) is 0.0325. The lowest BCUT2D eigenvalue weighted by Crippen LogP contribution is -2.41. The average Bonchev–Trinajstić information content (AvgIpc) is 4.38. The first-order chi connectivity index (χ1) is 37.4. The molecule has 10 nitrogen and oxygen atoms in total. The van der Waals surface area contributed by atoms with E-state index in [-0.39, 0.29) is 11.6 Å². The molecule has 4 heterocycles. The predicted molar refractivity (Wildman–Crippen MR) is 313 cm³/mol. The maximum absolute atomic E-state index is 20.1. The lowest BCUT2D eigenvalue weighted by atomic mass is 9.66. The van der Waals surface area contributed by atoms with Gasteiger partial charge < -0.3 is 18.6 Å². The molecule has 0 spiro atoms. The molecule has 5 aromatic rings. The van der Waals surface area contributed by atoms with Crippen LogP contribution in [0, 0.1) is 11.6 Å². The summed E-state index contributed by atoms with van der Waals surface area (Å²) in [6.45, 7) is 25.3. The number of aromatic nitrogens is 4. The molecule has 2 aliphatic heterocycles. The van der Waals surface area contributed by atoms with E-state index in [0.29, 0.717) is 92.1 Å². The fourth-order valence-corrected chi connectivity index (χ4v) is 13.9. The summed E-state index contributed by atoms with van der Waals surface area (Å²) in [6.07, 6.45) is 28.1. The Hall–Kier alpha value is -3.71. The lowest BCUT2D eigenvalue weighted by molar-refractivity contribution is 0.00578. The zero-order chi connectivity index (χ0) is 55.7. The van der Waals surface area contributed by atoms with E-state index in [2.05, 4.69) is 50.1 Å². The minimum absolute atomic E-state index is 0.308. The van der Waals surface area contributed by atoms with Gasteiger partial charge in [0.05, 0.1) is 22.4 Å². The fourth-order valence-electron chi connectivity index (χ4n) is 13.9. The number of benzene rings is 3. The summed E-state index contributed by atoms with van der Waals surface area (Å²) in [4.78, 5) is 0. The van der Waals surface area contributed by atoms with Gasteiger partial charge in [0, 0.05) is 55.1 Å². The molecule has 0 amide bonds. The van der Waals surface area contributed by atoms with Gasteiger partial charge in [-0.25, -0.2) is 18.0 Å². The second kappa shape index (κ2) is 24.0. The van der Waals surface area contributed by atoms with Crippen LogP contribution in [0.3, 0.4) is 0 Å². The number of halogens is 2. The first-order valence-corrected chi connectivity index (χ1v) is 31.2. The van der Waals surface area contributed by atoms with Crippen molar-refractivity contribution in [3.63, 3.8) is 0 Å². The van der Waals surface area contributed by atoms with Crippen LogP contribution in [0.25, 0.3) is 44.3 Å². The highest BCUT2D eigenvalue weighted by molar-refractivity contribution is 6.65. The summed E-state index contributed by atoms with van der Waals surface area (Å²) in [5.41, 5.74) is 3.02. The SMILES string of the molecule is CCCCCCCCC1(CCCCCCCC)c2cc(B3OC(C)(C)C(C)(C)O3)c3nonc3c2-c2c(F)c3c(c(F)c21)-c1c(cc(B2OC(C)(C)C(C)(C)O2)c2nonc12)C3(CCCCCCCC)CCCCCCCC. The van der Waals surface area contributed by atoms with Gasteiger partial charge in [-0.1, -0.05) is 204 Å². The Morgan fingerprint density at radius 3 is 0.897 bits per heavy atom. The second-order valence-corrected chi connectivity index (χ2v) is 26.2. The van der Waals surface area contributed by atoms with E-state index in [1.807, 2.05) is 55.4 Å². The van der Waals surface area contributed by atoms with Gasteiger partial charge in [-0.3, -0.25) is 0 Å². The van der Waals surface area contributed by atoms with Gasteiger partial charge in [-0.2, -0.15) is 0 Å². The minimum atomic E-state index is -0.931. The number of nitrogens with zero attached hydrogens (tertiary/aromatic N) is 4. The summed E-state index contributed by atoms with van der Waals surface area (Å²) < 4.78 is 78.9. The van der Waals surface area contributed by atoms with E-state index in [1.54, 1.807) is 0 Å². The molecular formula is C64H94B2F2N4O6. The molecule has 4 aliphatic rings. The highest BCUT2D eigenvalue weighted by atomic mass is 19.1. The molecular weight excluding hydrogens is 980 g/mol. The Balaban J connectivity index is 1.33. The summed E-state index contributed by atoms with van der Waals surface area (Å²) in [5, 5.41) is 18.6. The van der Waals surface area contributed by atoms with Crippen molar-refractivity contribution < 1.29 is 36.7 Å². The fraction of sp³-hybridized carbons (Fsp3) is 0.719. The maximum atomic E-state index is 20.1. The van der Waals surface area contributed by atoms with Crippen molar-refractivity contribution in [2.24, 2.45) is 0 Å². The number of hydrogen-bond donors (Lipinski definition) is 0. The Morgan fingerprint density at radius 2 is 0.615 bits per heavy atom. The molecule has 426 valence electrons. The standard InChI is InChI=1S/C64H94B2F2N4O6/c1-13-17-21-25-29-33-37-63(38-34-30-26-22-18-14-2)43-41-45(65-73-59(5,6)60(7,8)74-65)55-57(71-77-69-55)47(43)49-51(63)53(67)50-48-44(42-46(56-58(48)72-78-70-56)66-75-61(9,10)62(11,12)76-66)64(52(50)54(49)68,39-35-31-27-23-19-15-3)40-36-32-28-24-20-16-4/h41-42H,13-40H2,1-12H3. The zero-order valence-electron chi connectivity index (χ0n) is 50.1. The Bertz CT molecular complexity index is 2620. The minimum Gasteiger partial charge on any atom is -0.399 e. The van der Waals surface area contributed by atoms with Crippen molar-refractivity contribution in [2.45, 2.75) is 296 Å². The number of fused-ring (bicyclic) bond motifs is 10. The third-order valence-electron chi connectivity index (χ3n) is 19.8. The van der Waals surface area contributed by atoms with E-state index in [4.69, 9.17) is 38.2 Å². The molecule has 0 unspecified atom stereocenters. The summed E-state index contributed by atoms with van der Waals surface area (Å²) in [6, 6.07) is 4.26. The predicted octanol–water partition coefficient (Wildman–Crippen LogP) is 17.2. The van der Waals surface area contributed by atoms with Crippen LogP contribution in [0.5, 0.6) is 0 Å². The second-order valence-electron chi connectivity index (χ2n) is 26.2. The number of hydrogen-bond acceptors (Lipinski definition) is 10. The van der Waals surface area contributed by atoms with Crippen molar-refractivity contribution in [3.05, 3.63) is 46.0 Å². The molecule has 78 heavy (non-hydrogen) atoms. The maximum Gasteiger partial charge on any atom is 0.497 e. The number of rotatable bonds is 30. The van der Waals surface area contributed by atoms with Gasteiger partial charge in [0.2, 0.25) is 0 Å². The Labute approximate surface area is 467 Å². The van der Waals surface area contributed by atoms with Crippen LogP contribution in [0.4, 0.5) is 8.78 Å². The molecule has 9 rings (SSSR count). The van der Waals surface area contributed by atoms with Crippen LogP contribution in [0.15, 0.2) is 21.4 Å². The molecule has 0 saturated carbocycles. The summed E-state index contributed by atoms with van der Waals surface area (Å²) in [5.74, 6) is -0.754. The monoisotopic (exact) mass is 1070 g/mol. The van der Waals surface area contributed by atoms with Crippen LogP contribution >= 0.6 is 0 Å². The Kier molecular flexibility index (Phi) is 18.1. The van der Waals surface area contributed by atoms with Crippen LogP contribution in [0.1, 0.15) is 285 Å². The third-order valence-corrected chi connectivity index (χ3v) is 19.8. The van der Waals surface area contributed by atoms with Gasteiger partial charge in [-0.05, 0) is 103 Å². The van der Waals surface area contributed by atoms with Crippen molar-refractivity contribution in [1.29, 1.82) is 0 Å². The average molecular weight is 1080 g/mol. The van der Waals surface area contributed by atoms with Crippen molar-refractivity contribution in [1.82, 2.24) is 20.6 Å². The molecule has 3 aromatic carbocycles. The first kappa shape index (κ1) is 58.9. The van der Waals surface area contributed by atoms with E-state index in [0.717, 1.165) is 140 Å². The smallest absolute Gasteiger partial charge is 0.399 e. The van der Waals surface area contributed by atoms with E-state index < -0.39 is 47.5 Å². The summed E-state index contributed by atoms with van der Waals surface area (Å²) in [7, 11) is -1.61. The molecule has 2 fully saturated rings. The van der Waals surface area contributed by atoms with Gasteiger partial charge >= 0.3 is 14.2 Å². The highest BCUT2D eigenvalue weighted by Crippen LogP contribution is 2.65. The number of unbranched alkanes of at least 4 members (excludes halogenated alkanes) is 20. The molecule has 2 aliphatic carbocycles. The third kappa shape index (κ3) is 10.6. The van der Waals surface area contributed by atoms with E-state index in [9.17, 15) is 0 Å². The van der Waals surface area contributed by atoms with Crippen molar-refractivity contribution in [3.8, 4) is 22.3 Å². The van der Waals surface area contributed by atoms with Crippen LogP contribution < -0.4 is 10.9 Å². The topological polar surface area (TPSA) is 115 Å². The van der Waals surface area contributed by atoms with Gasteiger partial charge in [-0.15, -0.1) is 0 Å². The molecule has 0 atom stereocenters. The molecule has 0 N–H and O–H groups in total. The largest absolute Gasteiger partial charge is 0.497 e. The normalized spacial score (nSPS) is 18.9. The van der Waals surface area contributed by atoms with Crippen molar-refractivity contribution in [2.75, 3.05) is 0 Å². The van der Waals surface area contributed by atoms with Gasteiger partial charge in [0.1, 0.15) is 33.7 Å². The lowest BCUT2D eigenvalue weighted by Gasteiger charge is -2.35. The molecule has 2 saturated heterocycles. The zero-order valence-corrected chi connectivity index (χ0v) is 50.1. The molecule has 2 aromatic heterocycles. The van der Waals surface area contributed by atoms with Crippen LogP contribution in [-0.2, 0) is 29.4 Å². The Morgan fingerprint density at radius 1 is 0.359 bits per heavy atom. The first-order valence-electron chi connectivity index (χ1n) is 31.2. The molecule has 0 radical (unpaired) electrons. The van der Waals surface area contributed by atoms with E-state index in [1.165, 1.54) is 25.7 Å².